The van der Waals surface area contributed by atoms with Gasteiger partial charge in [-0.15, -0.1) is 0 Å². The van der Waals surface area contributed by atoms with E-state index in [9.17, 15) is 14.0 Å². The van der Waals surface area contributed by atoms with E-state index in [2.05, 4.69) is 15.4 Å². The van der Waals surface area contributed by atoms with Gasteiger partial charge in [-0.25, -0.2) is 18.9 Å². The summed E-state index contributed by atoms with van der Waals surface area (Å²) in [5.41, 5.74) is 1.24. The monoisotopic (exact) mass is 502 g/mol. The molecule has 0 saturated carbocycles. The number of aromatic nitrogens is 3. The highest BCUT2D eigenvalue weighted by atomic mass is 35.5. The normalized spacial score (nSPS) is 14.4. The van der Waals surface area contributed by atoms with Crippen molar-refractivity contribution in [1.82, 2.24) is 24.6 Å². The molecule has 4 rings (SSSR count). The summed E-state index contributed by atoms with van der Waals surface area (Å²) < 4.78 is 27.3. The first-order chi connectivity index (χ1) is 16.8. The van der Waals surface area contributed by atoms with Crippen LogP contribution in [-0.4, -0.2) is 69.5 Å². The second kappa shape index (κ2) is 10.3. The summed E-state index contributed by atoms with van der Waals surface area (Å²) in [6.07, 6.45) is 5.03. The molecule has 0 spiro atoms. The molecule has 1 saturated heterocycles. The highest BCUT2D eigenvalue weighted by molar-refractivity contribution is 6.32. The molecule has 1 aliphatic rings. The van der Waals surface area contributed by atoms with Crippen LogP contribution < -0.4 is 10.1 Å². The molecule has 35 heavy (non-hydrogen) atoms. The molecular formula is C23H24ClFN6O4. The minimum Gasteiger partial charge on any atom is -0.456 e. The molecular weight excluding hydrogens is 479 g/mol. The Balaban J connectivity index is 1.46. The number of carbonyl (C=O) groups is 2. The average molecular weight is 503 g/mol. The Hall–Kier alpha value is -3.70. The van der Waals surface area contributed by atoms with Crippen molar-refractivity contribution in [1.29, 1.82) is 0 Å². The van der Waals surface area contributed by atoms with Crippen molar-refractivity contribution in [3.05, 3.63) is 53.7 Å². The highest BCUT2D eigenvalue weighted by Gasteiger charge is 2.36. The van der Waals surface area contributed by atoms with E-state index < -0.39 is 17.9 Å². The Kier molecular flexibility index (Phi) is 7.17. The number of nitrogens with zero attached hydrogens (tertiary/aromatic N) is 5. The molecule has 0 radical (unpaired) electrons. The Morgan fingerprint density at radius 1 is 1.31 bits per heavy atom. The number of methoxy groups -OCH3 is 1. The van der Waals surface area contributed by atoms with Crippen LogP contribution in [0, 0.1) is 5.82 Å². The average Bonchev–Trinajstić information content (AvgIpc) is 3.43. The maximum Gasteiger partial charge on any atom is 0.330 e. The quantitative estimate of drug-likeness (QED) is 0.514. The van der Waals surface area contributed by atoms with E-state index in [1.54, 1.807) is 42.5 Å². The van der Waals surface area contributed by atoms with Gasteiger partial charge < -0.3 is 19.7 Å². The van der Waals surface area contributed by atoms with Crippen molar-refractivity contribution < 1.29 is 23.5 Å². The summed E-state index contributed by atoms with van der Waals surface area (Å²) in [5.74, 6) is -0.317. The molecule has 3 heterocycles. The standard InChI is InChI=1S/C23H24ClFN6O4/c1-14(13-34-3)30-6-7-31(23(30)33)22(32)28-20-9-17(24)21(10-18(20)25)35-16-4-5-26-19(8-16)15-11-27-29(2)12-15/h4-5,8-12,14H,6-7,13H2,1-3H3,(H,28,32). The minimum atomic E-state index is -0.768. The zero-order valence-corrected chi connectivity index (χ0v) is 20.1. The van der Waals surface area contributed by atoms with E-state index in [1.807, 2.05) is 6.92 Å². The molecule has 1 aliphatic heterocycles. The lowest BCUT2D eigenvalue weighted by molar-refractivity contribution is 0.120. The van der Waals surface area contributed by atoms with Gasteiger partial charge in [-0.2, -0.15) is 5.10 Å². The minimum absolute atomic E-state index is 0.0577. The Morgan fingerprint density at radius 3 is 2.83 bits per heavy atom. The van der Waals surface area contributed by atoms with E-state index in [-0.39, 0.29) is 29.0 Å². The SMILES string of the molecule is COCC(C)N1CCN(C(=O)Nc2cc(Cl)c(Oc3ccnc(-c4cnn(C)c4)c3)cc2F)C1=O. The number of imide groups is 1. The first-order valence-electron chi connectivity index (χ1n) is 10.8. The van der Waals surface area contributed by atoms with Crippen LogP contribution in [-0.2, 0) is 11.8 Å². The zero-order chi connectivity index (χ0) is 25.1. The van der Waals surface area contributed by atoms with Gasteiger partial charge in [0, 0.05) is 57.3 Å². The van der Waals surface area contributed by atoms with E-state index in [0.29, 0.717) is 24.6 Å². The van der Waals surface area contributed by atoms with Gasteiger partial charge in [0.2, 0.25) is 0 Å². The molecule has 12 heteroatoms. The topological polar surface area (TPSA) is 102 Å². The predicted octanol–water partition coefficient (Wildman–Crippen LogP) is 4.37. The molecule has 1 fully saturated rings. The van der Waals surface area contributed by atoms with Crippen LogP contribution >= 0.6 is 11.6 Å². The molecule has 3 aromatic rings. The molecule has 1 atom stereocenters. The van der Waals surface area contributed by atoms with Crippen LogP contribution in [0.3, 0.4) is 0 Å². The van der Waals surface area contributed by atoms with Crippen molar-refractivity contribution in [2.24, 2.45) is 7.05 Å². The molecule has 2 aromatic heterocycles. The van der Waals surface area contributed by atoms with Gasteiger partial charge >= 0.3 is 12.1 Å². The summed E-state index contributed by atoms with van der Waals surface area (Å²) >= 11 is 6.31. The summed E-state index contributed by atoms with van der Waals surface area (Å²) in [6.45, 7) is 2.70. The molecule has 10 nitrogen and oxygen atoms in total. The largest absolute Gasteiger partial charge is 0.456 e. The number of pyridine rings is 1. The smallest absolute Gasteiger partial charge is 0.330 e. The highest BCUT2D eigenvalue weighted by Crippen LogP contribution is 2.34. The van der Waals surface area contributed by atoms with E-state index in [1.165, 1.54) is 18.1 Å². The van der Waals surface area contributed by atoms with Gasteiger partial charge in [0.05, 0.1) is 35.2 Å². The molecule has 0 aliphatic carbocycles. The van der Waals surface area contributed by atoms with Crippen molar-refractivity contribution in [3.63, 3.8) is 0 Å². The third kappa shape index (κ3) is 5.36. The van der Waals surface area contributed by atoms with Crippen LogP contribution in [0.25, 0.3) is 11.3 Å². The summed E-state index contributed by atoms with van der Waals surface area (Å²) in [6, 6.07) is 4.18. The molecule has 1 N–H and O–H groups in total. The van der Waals surface area contributed by atoms with E-state index in [0.717, 1.165) is 16.5 Å². The zero-order valence-electron chi connectivity index (χ0n) is 19.4. The van der Waals surface area contributed by atoms with Crippen molar-refractivity contribution in [2.45, 2.75) is 13.0 Å². The summed E-state index contributed by atoms with van der Waals surface area (Å²) in [4.78, 5) is 32.1. The number of hydrogen-bond donors (Lipinski definition) is 1. The summed E-state index contributed by atoms with van der Waals surface area (Å²) in [7, 11) is 3.33. The number of rotatable bonds is 7. The number of anilines is 1. The van der Waals surface area contributed by atoms with Crippen LogP contribution in [0.2, 0.25) is 5.02 Å². The van der Waals surface area contributed by atoms with Crippen molar-refractivity contribution in [2.75, 3.05) is 32.1 Å². The maximum atomic E-state index is 14.8. The first kappa shape index (κ1) is 24.4. The first-order valence-corrected chi connectivity index (χ1v) is 11.1. The Labute approximate surface area is 206 Å². The lowest BCUT2D eigenvalue weighted by atomic mass is 10.2. The number of hydrogen-bond acceptors (Lipinski definition) is 6. The van der Waals surface area contributed by atoms with Crippen LogP contribution in [0.5, 0.6) is 11.5 Å². The lowest BCUT2D eigenvalue weighted by Crippen LogP contribution is -2.43. The molecule has 1 aromatic carbocycles. The van der Waals surface area contributed by atoms with Gasteiger partial charge in [0.15, 0.2) is 5.82 Å². The molecule has 0 bridgehead atoms. The fraction of sp³-hybridized carbons (Fsp3) is 0.304. The van der Waals surface area contributed by atoms with Gasteiger partial charge in [-0.3, -0.25) is 9.67 Å². The second-order valence-corrected chi connectivity index (χ2v) is 8.41. The third-order valence-electron chi connectivity index (χ3n) is 5.45. The number of ether oxygens (including phenoxy) is 2. The number of nitrogens with one attached hydrogen (secondary N) is 1. The fourth-order valence-electron chi connectivity index (χ4n) is 3.68. The van der Waals surface area contributed by atoms with E-state index >= 15 is 0 Å². The van der Waals surface area contributed by atoms with Crippen LogP contribution in [0.15, 0.2) is 42.9 Å². The predicted molar refractivity (Wildman–Crippen MR) is 127 cm³/mol. The Bertz CT molecular complexity index is 1250. The number of amides is 4. The van der Waals surface area contributed by atoms with Crippen molar-refractivity contribution in [3.8, 4) is 22.8 Å². The van der Waals surface area contributed by atoms with Gasteiger partial charge in [-0.05, 0) is 19.1 Å². The Morgan fingerprint density at radius 2 is 2.11 bits per heavy atom. The fourth-order valence-corrected chi connectivity index (χ4v) is 3.88. The summed E-state index contributed by atoms with van der Waals surface area (Å²) in [5, 5.41) is 6.60. The van der Waals surface area contributed by atoms with Crippen LogP contribution in [0.1, 0.15) is 6.92 Å². The van der Waals surface area contributed by atoms with Crippen molar-refractivity contribution >= 4 is 29.4 Å². The third-order valence-corrected chi connectivity index (χ3v) is 5.74. The number of urea groups is 2. The lowest BCUT2D eigenvalue weighted by Gasteiger charge is -2.23. The second-order valence-electron chi connectivity index (χ2n) is 8.01. The number of aryl methyl sites for hydroxylation is 1. The maximum absolute atomic E-state index is 14.8. The number of benzene rings is 1. The number of carbonyl (C=O) groups excluding carboxylic acids is 2. The van der Waals surface area contributed by atoms with Crippen LogP contribution in [0.4, 0.5) is 19.7 Å². The molecule has 184 valence electrons. The van der Waals surface area contributed by atoms with Gasteiger partial charge in [0.1, 0.15) is 11.5 Å². The van der Waals surface area contributed by atoms with E-state index in [4.69, 9.17) is 21.1 Å². The molecule has 4 amide bonds. The van der Waals surface area contributed by atoms with Gasteiger partial charge in [0.25, 0.3) is 0 Å². The number of halogens is 2. The molecule has 1 unspecified atom stereocenters. The van der Waals surface area contributed by atoms with Gasteiger partial charge in [-0.1, -0.05) is 11.6 Å².